The molecule has 104 valence electrons. The lowest BCUT2D eigenvalue weighted by Gasteiger charge is -2.32. The molecular weight excluding hydrogens is 242 g/mol. The van der Waals surface area contributed by atoms with Gasteiger partial charge in [-0.05, 0) is 31.0 Å². The second kappa shape index (κ2) is 7.06. The van der Waals surface area contributed by atoms with Crippen molar-refractivity contribution in [2.45, 2.75) is 25.3 Å². The fraction of sp³-hybridized carbons (Fsp3) is 0.263. The summed E-state index contributed by atoms with van der Waals surface area (Å²) in [4.78, 5) is 0. The summed E-state index contributed by atoms with van der Waals surface area (Å²) < 4.78 is 0. The van der Waals surface area contributed by atoms with Crippen LogP contribution in [-0.2, 0) is 5.54 Å². The fourth-order valence-electron chi connectivity index (χ4n) is 2.61. The quantitative estimate of drug-likeness (QED) is 0.804. The van der Waals surface area contributed by atoms with E-state index >= 15 is 0 Å². The van der Waals surface area contributed by atoms with Crippen molar-refractivity contribution in [2.75, 3.05) is 7.05 Å². The minimum absolute atomic E-state index is 0.0204. The molecule has 2 rings (SSSR count). The van der Waals surface area contributed by atoms with Gasteiger partial charge in [0.05, 0.1) is 0 Å². The first-order chi connectivity index (χ1) is 9.80. The molecule has 0 heterocycles. The van der Waals surface area contributed by atoms with E-state index in [1.807, 2.05) is 13.1 Å². The van der Waals surface area contributed by atoms with Gasteiger partial charge in [0, 0.05) is 5.54 Å². The van der Waals surface area contributed by atoms with Gasteiger partial charge < -0.3 is 5.32 Å². The van der Waals surface area contributed by atoms with E-state index in [-0.39, 0.29) is 5.54 Å². The van der Waals surface area contributed by atoms with Crippen molar-refractivity contribution in [3.8, 4) is 0 Å². The van der Waals surface area contributed by atoms with Gasteiger partial charge in [0.25, 0.3) is 0 Å². The van der Waals surface area contributed by atoms with Crippen LogP contribution in [0.2, 0.25) is 0 Å². The third-order valence-corrected chi connectivity index (χ3v) is 3.98. The molecule has 0 spiro atoms. The Kier molecular flexibility index (Phi) is 5.14. The highest BCUT2D eigenvalue weighted by Gasteiger charge is 2.26. The Hall–Kier alpha value is -1.86. The molecule has 0 radical (unpaired) electrons. The largest absolute Gasteiger partial charge is 0.310 e. The predicted molar refractivity (Wildman–Crippen MR) is 87.6 cm³/mol. The number of hydrogen-bond acceptors (Lipinski definition) is 1. The van der Waals surface area contributed by atoms with Crippen molar-refractivity contribution in [1.82, 2.24) is 5.32 Å². The van der Waals surface area contributed by atoms with Crippen LogP contribution in [0.25, 0.3) is 6.08 Å². The summed E-state index contributed by atoms with van der Waals surface area (Å²) >= 11 is 0. The van der Waals surface area contributed by atoms with Crippen LogP contribution in [0.15, 0.2) is 66.7 Å². The van der Waals surface area contributed by atoms with Gasteiger partial charge in [0.15, 0.2) is 0 Å². The van der Waals surface area contributed by atoms with Crippen LogP contribution in [-0.4, -0.2) is 7.05 Å². The standard InChI is InChI=1S/C19H23N/c1-3-19(20-2,18-14-8-5-9-15-18)16-10-13-17-11-6-4-7-12-17/h4-15,20H,3,16H2,1-2H3/b13-10+. The number of rotatable bonds is 6. The minimum Gasteiger partial charge on any atom is -0.310 e. The lowest BCUT2D eigenvalue weighted by molar-refractivity contribution is 0.351. The molecule has 0 saturated heterocycles. The van der Waals surface area contributed by atoms with Gasteiger partial charge in [-0.3, -0.25) is 0 Å². The zero-order chi connectivity index (χ0) is 14.3. The molecule has 1 atom stereocenters. The second-order valence-electron chi connectivity index (χ2n) is 5.07. The number of benzene rings is 2. The Morgan fingerprint density at radius 3 is 2.10 bits per heavy atom. The van der Waals surface area contributed by atoms with Gasteiger partial charge in [-0.25, -0.2) is 0 Å². The summed E-state index contributed by atoms with van der Waals surface area (Å²) in [6, 6.07) is 21.1. The first kappa shape index (κ1) is 14.5. The second-order valence-corrected chi connectivity index (χ2v) is 5.07. The predicted octanol–water partition coefficient (Wildman–Crippen LogP) is 4.61. The van der Waals surface area contributed by atoms with E-state index in [1.54, 1.807) is 0 Å². The molecule has 0 aliphatic carbocycles. The summed E-state index contributed by atoms with van der Waals surface area (Å²) in [5.74, 6) is 0. The van der Waals surface area contributed by atoms with E-state index in [0.29, 0.717) is 0 Å². The van der Waals surface area contributed by atoms with Gasteiger partial charge in [-0.2, -0.15) is 0 Å². The molecule has 0 aliphatic heterocycles. The average Bonchev–Trinajstić information content (AvgIpc) is 2.54. The summed E-state index contributed by atoms with van der Waals surface area (Å²) in [6.45, 7) is 2.24. The van der Waals surface area contributed by atoms with Crippen LogP contribution in [0.4, 0.5) is 0 Å². The minimum atomic E-state index is 0.0204. The Bertz CT molecular complexity index is 524. The van der Waals surface area contributed by atoms with Gasteiger partial charge in [-0.1, -0.05) is 79.7 Å². The SMILES string of the molecule is CCC(C/C=C/c1ccccc1)(NC)c1ccccc1. The van der Waals surface area contributed by atoms with Crippen molar-refractivity contribution >= 4 is 6.08 Å². The van der Waals surface area contributed by atoms with Crippen molar-refractivity contribution in [3.05, 3.63) is 77.9 Å². The van der Waals surface area contributed by atoms with E-state index in [1.165, 1.54) is 11.1 Å². The van der Waals surface area contributed by atoms with E-state index < -0.39 is 0 Å². The average molecular weight is 265 g/mol. The number of nitrogens with one attached hydrogen (secondary N) is 1. The van der Waals surface area contributed by atoms with Crippen molar-refractivity contribution in [1.29, 1.82) is 0 Å². The highest BCUT2D eigenvalue weighted by molar-refractivity contribution is 5.49. The van der Waals surface area contributed by atoms with Crippen LogP contribution in [0, 0.1) is 0 Å². The Labute approximate surface area is 122 Å². The molecule has 2 aromatic carbocycles. The Morgan fingerprint density at radius 2 is 1.55 bits per heavy atom. The Morgan fingerprint density at radius 1 is 0.950 bits per heavy atom. The molecule has 1 nitrogen and oxygen atoms in total. The van der Waals surface area contributed by atoms with Gasteiger partial charge in [0.1, 0.15) is 0 Å². The maximum absolute atomic E-state index is 3.52. The first-order valence-electron chi connectivity index (χ1n) is 7.27. The molecule has 2 aromatic rings. The van der Waals surface area contributed by atoms with E-state index in [4.69, 9.17) is 0 Å². The summed E-state index contributed by atoms with van der Waals surface area (Å²) in [5, 5.41) is 3.52. The van der Waals surface area contributed by atoms with Crippen LogP contribution < -0.4 is 5.32 Å². The lowest BCUT2D eigenvalue weighted by Crippen LogP contribution is -2.38. The molecule has 0 aliphatic rings. The molecule has 20 heavy (non-hydrogen) atoms. The molecule has 0 fully saturated rings. The highest BCUT2D eigenvalue weighted by atomic mass is 14.9. The maximum atomic E-state index is 3.52. The van der Waals surface area contributed by atoms with E-state index in [2.05, 4.69) is 79.0 Å². The van der Waals surface area contributed by atoms with Crippen LogP contribution in [0.1, 0.15) is 30.9 Å². The normalized spacial score (nSPS) is 14.3. The monoisotopic (exact) mass is 265 g/mol. The molecule has 1 N–H and O–H groups in total. The molecule has 1 heteroatoms. The number of hydrogen-bond donors (Lipinski definition) is 1. The van der Waals surface area contributed by atoms with Crippen molar-refractivity contribution < 1.29 is 0 Å². The van der Waals surface area contributed by atoms with Gasteiger partial charge in [-0.15, -0.1) is 0 Å². The van der Waals surface area contributed by atoms with Crippen LogP contribution in [0.3, 0.4) is 0 Å². The smallest absolute Gasteiger partial charge is 0.0464 e. The zero-order valence-corrected chi connectivity index (χ0v) is 12.3. The molecule has 0 aromatic heterocycles. The third-order valence-electron chi connectivity index (χ3n) is 3.98. The van der Waals surface area contributed by atoms with Gasteiger partial charge >= 0.3 is 0 Å². The van der Waals surface area contributed by atoms with Crippen LogP contribution in [0.5, 0.6) is 0 Å². The first-order valence-corrected chi connectivity index (χ1v) is 7.27. The molecule has 0 amide bonds. The van der Waals surface area contributed by atoms with E-state index in [0.717, 1.165) is 12.8 Å². The van der Waals surface area contributed by atoms with Gasteiger partial charge in [0.2, 0.25) is 0 Å². The molecule has 0 bridgehead atoms. The Balaban J connectivity index is 2.16. The lowest BCUT2D eigenvalue weighted by atomic mass is 9.84. The highest BCUT2D eigenvalue weighted by Crippen LogP contribution is 2.29. The molecule has 1 unspecified atom stereocenters. The summed E-state index contributed by atoms with van der Waals surface area (Å²) in [6.07, 6.45) is 6.51. The zero-order valence-electron chi connectivity index (χ0n) is 12.3. The molecular formula is C19H23N. The summed E-state index contributed by atoms with van der Waals surface area (Å²) in [7, 11) is 2.05. The summed E-state index contributed by atoms with van der Waals surface area (Å²) in [5.41, 5.74) is 2.62. The van der Waals surface area contributed by atoms with Crippen LogP contribution >= 0.6 is 0 Å². The third kappa shape index (κ3) is 3.37. The van der Waals surface area contributed by atoms with E-state index in [9.17, 15) is 0 Å². The fourth-order valence-corrected chi connectivity index (χ4v) is 2.61. The topological polar surface area (TPSA) is 12.0 Å². The maximum Gasteiger partial charge on any atom is 0.0464 e. The van der Waals surface area contributed by atoms with Crippen molar-refractivity contribution in [2.24, 2.45) is 0 Å². The molecule has 0 saturated carbocycles. The van der Waals surface area contributed by atoms with Crippen molar-refractivity contribution in [3.63, 3.8) is 0 Å².